The third-order valence-electron chi connectivity index (χ3n) is 4.36. The molecule has 0 aliphatic rings. The molecule has 2 N–H and O–H groups in total. The van der Waals surface area contributed by atoms with E-state index in [4.69, 9.17) is 4.74 Å². The van der Waals surface area contributed by atoms with Crippen molar-refractivity contribution in [1.82, 2.24) is 15.2 Å². The highest BCUT2D eigenvalue weighted by molar-refractivity contribution is 5.57. The van der Waals surface area contributed by atoms with E-state index in [0.717, 1.165) is 17.2 Å². The number of para-hydroxylation sites is 1. The second-order valence-electron chi connectivity index (χ2n) is 6.51. The Kier molecular flexibility index (Phi) is 5.62. The van der Waals surface area contributed by atoms with Crippen molar-refractivity contribution in [2.24, 2.45) is 0 Å². The van der Waals surface area contributed by atoms with Gasteiger partial charge in [0.05, 0.1) is 6.20 Å². The number of rotatable bonds is 7. The van der Waals surface area contributed by atoms with Crippen LogP contribution in [0.5, 0.6) is 11.5 Å². The predicted octanol–water partition coefficient (Wildman–Crippen LogP) is 5.33. The summed E-state index contributed by atoms with van der Waals surface area (Å²) >= 11 is 0. The van der Waals surface area contributed by atoms with Crippen molar-refractivity contribution < 1.29 is 4.74 Å². The second kappa shape index (κ2) is 8.84. The minimum Gasteiger partial charge on any atom is -0.457 e. The normalized spacial score (nSPS) is 10.4. The summed E-state index contributed by atoms with van der Waals surface area (Å²) in [5.41, 5.74) is 3.30. The fourth-order valence-corrected chi connectivity index (χ4v) is 2.80. The molecule has 1 aromatic heterocycles. The number of benzene rings is 3. The van der Waals surface area contributed by atoms with E-state index in [1.54, 1.807) is 6.20 Å². The maximum atomic E-state index is 5.81. The molecular formula is C23H21N5O. The van der Waals surface area contributed by atoms with E-state index in [1.807, 2.05) is 66.7 Å². The molecule has 0 spiro atoms. The average Bonchev–Trinajstić information content (AvgIpc) is 2.76. The molecule has 3 aromatic carbocycles. The van der Waals surface area contributed by atoms with E-state index < -0.39 is 0 Å². The van der Waals surface area contributed by atoms with Gasteiger partial charge < -0.3 is 15.4 Å². The number of nitrogens with one attached hydrogen (secondary N) is 2. The fraction of sp³-hybridized carbons (Fsp3) is 0.0870. The maximum Gasteiger partial charge on any atom is 0.244 e. The quantitative estimate of drug-likeness (QED) is 0.449. The Morgan fingerprint density at radius 2 is 1.55 bits per heavy atom. The minimum atomic E-state index is 0.474. The molecule has 1 heterocycles. The number of ether oxygens (including phenoxy) is 1. The lowest BCUT2D eigenvalue weighted by molar-refractivity contribution is 0.483. The molecule has 29 heavy (non-hydrogen) atoms. The monoisotopic (exact) mass is 383 g/mol. The van der Waals surface area contributed by atoms with Crippen LogP contribution in [-0.2, 0) is 6.54 Å². The summed E-state index contributed by atoms with van der Waals surface area (Å²) in [6, 6.07) is 25.6. The van der Waals surface area contributed by atoms with E-state index in [1.165, 1.54) is 11.1 Å². The first-order chi connectivity index (χ1) is 14.3. The van der Waals surface area contributed by atoms with Crippen molar-refractivity contribution in [2.75, 3.05) is 10.6 Å². The third-order valence-corrected chi connectivity index (χ3v) is 4.36. The lowest BCUT2D eigenvalue weighted by Crippen LogP contribution is -2.07. The Bertz CT molecular complexity index is 1070. The lowest BCUT2D eigenvalue weighted by Gasteiger charge is -2.10. The molecule has 0 radical (unpaired) electrons. The summed E-state index contributed by atoms with van der Waals surface area (Å²) in [7, 11) is 0. The van der Waals surface area contributed by atoms with Gasteiger partial charge in [0.1, 0.15) is 11.5 Å². The van der Waals surface area contributed by atoms with Crippen molar-refractivity contribution in [3.05, 3.63) is 96.2 Å². The number of anilines is 3. The van der Waals surface area contributed by atoms with Crippen molar-refractivity contribution in [2.45, 2.75) is 13.5 Å². The molecule has 0 amide bonds. The Morgan fingerprint density at radius 3 is 2.34 bits per heavy atom. The van der Waals surface area contributed by atoms with E-state index in [2.05, 4.69) is 44.9 Å². The van der Waals surface area contributed by atoms with Crippen LogP contribution in [-0.4, -0.2) is 15.2 Å². The van der Waals surface area contributed by atoms with Crippen LogP contribution in [0.1, 0.15) is 11.1 Å². The van der Waals surface area contributed by atoms with Gasteiger partial charge in [0, 0.05) is 12.2 Å². The summed E-state index contributed by atoms with van der Waals surface area (Å²) in [5.74, 6) is 2.66. The topological polar surface area (TPSA) is 72.0 Å². The highest BCUT2D eigenvalue weighted by Crippen LogP contribution is 2.24. The average molecular weight is 383 g/mol. The first-order valence-corrected chi connectivity index (χ1v) is 9.34. The van der Waals surface area contributed by atoms with Crippen molar-refractivity contribution >= 4 is 17.5 Å². The molecule has 0 unspecified atom stereocenters. The first kappa shape index (κ1) is 18.4. The SMILES string of the molecule is Cc1ccccc1CNc1nncc(Nc2ccc(Oc3ccccc3)cc2)n1. The molecule has 0 aliphatic heterocycles. The largest absolute Gasteiger partial charge is 0.457 e. The third kappa shape index (κ3) is 5.07. The molecule has 4 rings (SSSR count). The molecule has 6 nitrogen and oxygen atoms in total. The summed E-state index contributed by atoms with van der Waals surface area (Å²) in [6.07, 6.45) is 1.59. The van der Waals surface area contributed by atoms with Crippen LogP contribution in [0.15, 0.2) is 85.1 Å². The predicted molar refractivity (Wildman–Crippen MR) is 115 cm³/mol. The van der Waals surface area contributed by atoms with E-state index >= 15 is 0 Å². The molecule has 0 saturated carbocycles. The van der Waals surface area contributed by atoms with Crippen LogP contribution in [0.2, 0.25) is 0 Å². The van der Waals surface area contributed by atoms with Gasteiger partial charge in [0.2, 0.25) is 5.95 Å². The summed E-state index contributed by atoms with van der Waals surface area (Å²) in [6.45, 7) is 2.72. The zero-order chi connectivity index (χ0) is 19.9. The summed E-state index contributed by atoms with van der Waals surface area (Å²) < 4.78 is 5.81. The second-order valence-corrected chi connectivity index (χ2v) is 6.51. The van der Waals surface area contributed by atoms with Crippen molar-refractivity contribution in [1.29, 1.82) is 0 Å². The number of aromatic nitrogens is 3. The van der Waals surface area contributed by atoms with Gasteiger partial charge in [-0.2, -0.15) is 10.1 Å². The first-order valence-electron chi connectivity index (χ1n) is 9.34. The molecule has 0 fully saturated rings. The van der Waals surface area contributed by atoms with E-state index in [0.29, 0.717) is 18.3 Å². The minimum absolute atomic E-state index is 0.474. The Balaban J connectivity index is 1.38. The van der Waals surface area contributed by atoms with Crippen molar-refractivity contribution in [3.8, 4) is 11.5 Å². The summed E-state index contributed by atoms with van der Waals surface area (Å²) in [5, 5.41) is 14.5. The van der Waals surface area contributed by atoms with Gasteiger partial charge >= 0.3 is 0 Å². The van der Waals surface area contributed by atoms with Crippen LogP contribution >= 0.6 is 0 Å². The zero-order valence-corrected chi connectivity index (χ0v) is 16.0. The number of hydrogen-bond donors (Lipinski definition) is 2. The molecular weight excluding hydrogens is 362 g/mol. The van der Waals surface area contributed by atoms with Crippen LogP contribution in [0.4, 0.5) is 17.5 Å². The number of hydrogen-bond acceptors (Lipinski definition) is 6. The highest BCUT2D eigenvalue weighted by atomic mass is 16.5. The van der Waals surface area contributed by atoms with Crippen LogP contribution in [0.3, 0.4) is 0 Å². The lowest BCUT2D eigenvalue weighted by atomic mass is 10.1. The van der Waals surface area contributed by atoms with Crippen LogP contribution in [0, 0.1) is 6.92 Å². The Labute approximate surface area is 169 Å². The highest BCUT2D eigenvalue weighted by Gasteiger charge is 2.04. The van der Waals surface area contributed by atoms with Gasteiger partial charge in [0.15, 0.2) is 5.82 Å². The summed E-state index contributed by atoms with van der Waals surface area (Å²) in [4.78, 5) is 4.48. The van der Waals surface area contributed by atoms with E-state index in [9.17, 15) is 0 Å². The van der Waals surface area contributed by atoms with Gasteiger partial charge in [-0.15, -0.1) is 5.10 Å². The zero-order valence-electron chi connectivity index (χ0n) is 16.0. The number of nitrogens with zero attached hydrogens (tertiary/aromatic N) is 3. The smallest absolute Gasteiger partial charge is 0.244 e. The van der Waals surface area contributed by atoms with Crippen LogP contribution in [0.25, 0.3) is 0 Å². The molecule has 6 heteroatoms. The standard InChI is InChI=1S/C23H21N5O/c1-17-7-5-6-8-18(17)15-24-23-27-22(16-25-28-23)26-19-11-13-21(14-12-19)29-20-9-3-2-4-10-20/h2-14,16H,15H2,1H3,(H2,24,26,27,28). The Morgan fingerprint density at radius 1 is 0.828 bits per heavy atom. The van der Waals surface area contributed by atoms with Crippen molar-refractivity contribution in [3.63, 3.8) is 0 Å². The van der Waals surface area contributed by atoms with Crippen LogP contribution < -0.4 is 15.4 Å². The van der Waals surface area contributed by atoms with Gasteiger partial charge in [-0.05, 0) is 54.4 Å². The Hall–Kier alpha value is -3.93. The van der Waals surface area contributed by atoms with Gasteiger partial charge in [-0.3, -0.25) is 0 Å². The van der Waals surface area contributed by atoms with Gasteiger partial charge in [-0.25, -0.2) is 0 Å². The molecule has 0 aliphatic carbocycles. The fourth-order valence-electron chi connectivity index (χ4n) is 2.80. The van der Waals surface area contributed by atoms with E-state index in [-0.39, 0.29) is 0 Å². The maximum absolute atomic E-state index is 5.81. The molecule has 144 valence electrons. The molecule has 0 atom stereocenters. The van der Waals surface area contributed by atoms with Gasteiger partial charge in [-0.1, -0.05) is 42.5 Å². The molecule has 4 aromatic rings. The van der Waals surface area contributed by atoms with Gasteiger partial charge in [0.25, 0.3) is 0 Å². The molecule has 0 bridgehead atoms. The number of aryl methyl sites for hydroxylation is 1. The molecule has 0 saturated heterocycles.